The smallest absolute Gasteiger partial charge is 0.101 e. The first-order valence-corrected chi connectivity index (χ1v) is 4.60. The summed E-state index contributed by atoms with van der Waals surface area (Å²) in [5.74, 6) is 0.663. The standard InChI is InChI=1S/C11H14N2/c1-3-9(2)4-10-5-11(6-12)8-13-7-10/h5,7-9H,3-4H2,1-2H3. The summed E-state index contributed by atoms with van der Waals surface area (Å²) in [5, 5.41) is 8.66. The number of rotatable bonds is 3. The molecule has 1 unspecified atom stereocenters. The normalized spacial score (nSPS) is 12.1. The largest absolute Gasteiger partial charge is 0.263 e. The summed E-state index contributed by atoms with van der Waals surface area (Å²) >= 11 is 0. The summed E-state index contributed by atoms with van der Waals surface area (Å²) in [5.41, 5.74) is 1.81. The van der Waals surface area contributed by atoms with Crippen molar-refractivity contribution >= 4 is 0 Å². The molecule has 68 valence electrons. The summed E-state index contributed by atoms with van der Waals surface area (Å²) in [4.78, 5) is 4.02. The van der Waals surface area contributed by atoms with E-state index in [1.54, 1.807) is 6.20 Å². The van der Waals surface area contributed by atoms with Gasteiger partial charge in [0.15, 0.2) is 0 Å². The van der Waals surface area contributed by atoms with Gasteiger partial charge in [-0.05, 0) is 24.0 Å². The zero-order valence-corrected chi connectivity index (χ0v) is 8.12. The van der Waals surface area contributed by atoms with E-state index >= 15 is 0 Å². The zero-order valence-electron chi connectivity index (χ0n) is 8.12. The Hall–Kier alpha value is -1.36. The SMILES string of the molecule is CCC(C)Cc1cncc(C#N)c1. The summed E-state index contributed by atoms with van der Waals surface area (Å²) < 4.78 is 0. The first kappa shape index (κ1) is 9.73. The summed E-state index contributed by atoms with van der Waals surface area (Å²) in [6.07, 6.45) is 5.61. The fraction of sp³-hybridized carbons (Fsp3) is 0.455. The van der Waals surface area contributed by atoms with Crippen molar-refractivity contribution < 1.29 is 0 Å². The van der Waals surface area contributed by atoms with E-state index in [2.05, 4.69) is 24.9 Å². The topological polar surface area (TPSA) is 36.7 Å². The number of hydrogen-bond acceptors (Lipinski definition) is 2. The van der Waals surface area contributed by atoms with Crippen LogP contribution in [0, 0.1) is 17.2 Å². The molecule has 0 N–H and O–H groups in total. The van der Waals surface area contributed by atoms with Crippen molar-refractivity contribution in [3.8, 4) is 6.07 Å². The Bertz CT molecular complexity index is 312. The van der Waals surface area contributed by atoms with Gasteiger partial charge in [0.25, 0.3) is 0 Å². The minimum absolute atomic E-state index is 0.654. The average Bonchev–Trinajstić information content (AvgIpc) is 2.18. The molecule has 0 aromatic carbocycles. The van der Waals surface area contributed by atoms with Crippen molar-refractivity contribution in [2.45, 2.75) is 26.7 Å². The van der Waals surface area contributed by atoms with E-state index in [0.717, 1.165) is 18.4 Å². The fourth-order valence-corrected chi connectivity index (χ4v) is 1.21. The third-order valence-electron chi connectivity index (χ3n) is 2.21. The monoisotopic (exact) mass is 174 g/mol. The van der Waals surface area contributed by atoms with Gasteiger partial charge in [-0.15, -0.1) is 0 Å². The van der Waals surface area contributed by atoms with Crippen molar-refractivity contribution in [3.63, 3.8) is 0 Å². The van der Waals surface area contributed by atoms with Gasteiger partial charge in [0, 0.05) is 12.4 Å². The number of nitrogens with zero attached hydrogens (tertiary/aromatic N) is 2. The van der Waals surface area contributed by atoms with E-state index in [9.17, 15) is 0 Å². The van der Waals surface area contributed by atoms with Crippen LogP contribution >= 0.6 is 0 Å². The van der Waals surface area contributed by atoms with Gasteiger partial charge in [0.05, 0.1) is 5.56 Å². The van der Waals surface area contributed by atoms with Crippen LogP contribution in [0.1, 0.15) is 31.4 Å². The maximum absolute atomic E-state index is 8.66. The van der Waals surface area contributed by atoms with E-state index < -0.39 is 0 Å². The Kier molecular flexibility index (Phi) is 3.45. The van der Waals surface area contributed by atoms with Gasteiger partial charge in [-0.3, -0.25) is 4.98 Å². The highest BCUT2D eigenvalue weighted by Crippen LogP contribution is 2.11. The Morgan fingerprint density at radius 1 is 1.54 bits per heavy atom. The minimum atomic E-state index is 0.654. The van der Waals surface area contributed by atoms with Crippen LogP contribution in [0.25, 0.3) is 0 Å². The molecule has 1 heterocycles. The molecule has 0 aliphatic carbocycles. The quantitative estimate of drug-likeness (QED) is 0.706. The highest BCUT2D eigenvalue weighted by Gasteiger charge is 2.01. The minimum Gasteiger partial charge on any atom is -0.263 e. The van der Waals surface area contributed by atoms with Gasteiger partial charge in [-0.2, -0.15) is 5.26 Å². The second-order valence-electron chi connectivity index (χ2n) is 3.41. The van der Waals surface area contributed by atoms with Crippen LogP contribution in [-0.2, 0) is 6.42 Å². The molecule has 0 amide bonds. The molecular formula is C11H14N2. The molecule has 1 rings (SSSR count). The summed E-state index contributed by atoms with van der Waals surface area (Å²) in [7, 11) is 0. The highest BCUT2D eigenvalue weighted by molar-refractivity contribution is 5.29. The highest BCUT2D eigenvalue weighted by atomic mass is 14.6. The average molecular weight is 174 g/mol. The van der Waals surface area contributed by atoms with E-state index in [1.807, 2.05) is 12.3 Å². The molecule has 0 aliphatic heterocycles. The fourth-order valence-electron chi connectivity index (χ4n) is 1.21. The Morgan fingerprint density at radius 3 is 2.92 bits per heavy atom. The molecule has 1 atom stereocenters. The van der Waals surface area contributed by atoms with Gasteiger partial charge < -0.3 is 0 Å². The second-order valence-corrected chi connectivity index (χ2v) is 3.41. The van der Waals surface area contributed by atoms with Crippen LogP contribution in [0.2, 0.25) is 0 Å². The Labute approximate surface area is 79.2 Å². The molecule has 0 spiro atoms. The molecular weight excluding hydrogens is 160 g/mol. The predicted molar refractivity (Wildman–Crippen MR) is 52.1 cm³/mol. The van der Waals surface area contributed by atoms with E-state index in [0.29, 0.717) is 11.5 Å². The van der Waals surface area contributed by atoms with Crippen LogP contribution < -0.4 is 0 Å². The third-order valence-corrected chi connectivity index (χ3v) is 2.21. The number of pyridine rings is 1. The van der Waals surface area contributed by atoms with Crippen LogP contribution in [0.15, 0.2) is 18.5 Å². The van der Waals surface area contributed by atoms with Gasteiger partial charge in [0.2, 0.25) is 0 Å². The van der Waals surface area contributed by atoms with Crippen LogP contribution in [-0.4, -0.2) is 4.98 Å². The second kappa shape index (κ2) is 4.61. The molecule has 2 heteroatoms. The van der Waals surface area contributed by atoms with Gasteiger partial charge in [-0.1, -0.05) is 20.3 Å². The molecule has 0 fully saturated rings. The van der Waals surface area contributed by atoms with E-state index in [4.69, 9.17) is 5.26 Å². The first-order chi connectivity index (χ1) is 6.26. The molecule has 0 aliphatic rings. The van der Waals surface area contributed by atoms with Crippen molar-refractivity contribution in [2.24, 2.45) is 5.92 Å². The predicted octanol–water partition coefficient (Wildman–Crippen LogP) is 2.54. The van der Waals surface area contributed by atoms with Crippen molar-refractivity contribution in [3.05, 3.63) is 29.6 Å². The lowest BCUT2D eigenvalue weighted by molar-refractivity contribution is 0.559. The van der Waals surface area contributed by atoms with Crippen LogP contribution in [0.4, 0.5) is 0 Å². The van der Waals surface area contributed by atoms with Gasteiger partial charge >= 0.3 is 0 Å². The zero-order chi connectivity index (χ0) is 9.68. The molecule has 2 nitrogen and oxygen atoms in total. The van der Waals surface area contributed by atoms with Gasteiger partial charge in [-0.25, -0.2) is 0 Å². The first-order valence-electron chi connectivity index (χ1n) is 4.60. The van der Waals surface area contributed by atoms with Crippen LogP contribution in [0.3, 0.4) is 0 Å². The number of hydrogen-bond donors (Lipinski definition) is 0. The maximum atomic E-state index is 8.66. The Balaban J connectivity index is 2.73. The number of aromatic nitrogens is 1. The molecule has 0 radical (unpaired) electrons. The number of nitriles is 1. The van der Waals surface area contributed by atoms with E-state index in [1.165, 1.54) is 0 Å². The third kappa shape index (κ3) is 2.87. The molecule has 0 bridgehead atoms. The van der Waals surface area contributed by atoms with Crippen molar-refractivity contribution in [1.82, 2.24) is 4.98 Å². The molecule has 1 aromatic rings. The molecule has 13 heavy (non-hydrogen) atoms. The lowest BCUT2D eigenvalue weighted by Crippen LogP contribution is -1.98. The van der Waals surface area contributed by atoms with Crippen LogP contribution in [0.5, 0.6) is 0 Å². The lowest BCUT2D eigenvalue weighted by Gasteiger charge is -2.07. The van der Waals surface area contributed by atoms with Crippen molar-refractivity contribution in [1.29, 1.82) is 5.26 Å². The molecule has 0 saturated heterocycles. The lowest BCUT2D eigenvalue weighted by atomic mass is 9.99. The maximum Gasteiger partial charge on any atom is 0.101 e. The summed E-state index contributed by atoms with van der Waals surface area (Å²) in [6.45, 7) is 4.38. The Morgan fingerprint density at radius 2 is 2.31 bits per heavy atom. The van der Waals surface area contributed by atoms with Crippen molar-refractivity contribution in [2.75, 3.05) is 0 Å². The van der Waals surface area contributed by atoms with E-state index in [-0.39, 0.29) is 0 Å². The molecule has 1 aromatic heterocycles. The summed E-state index contributed by atoms with van der Waals surface area (Å²) in [6, 6.07) is 4.01. The van der Waals surface area contributed by atoms with Gasteiger partial charge in [0.1, 0.15) is 6.07 Å². The molecule has 0 saturated carbocycles.